The summed E-state index contributed by atoms with van der Waals surface area (Å²) in [4.78, 5) is 8.59. The van der Waals surface area contributed by atoms with Gasteiger partial charge in [-0.3, -0.25) is 4.90 Å². The number of rotatable bonds is 3. The third-order valence-electron chi connectivity index (χ3n) is 4.35. The molecule has 0 radical (unpaired) electrons. The van der Waals surface area contributed by atoms with Crippen molar-refractivity contribution in [3.63, 3.8) is 0 Å². The fraction of sp³-hybridized carbons (Fsp3) is 0.786. The molecule has 3 rings (SSSR count). The van der Waals surface area contributed by atoms with Crippen molar-refractivity contribution in [2.45, 2.75) is 39.2 Å². The molecule has 1 spiro atoms. The molecule has 0 aliphatic carbocycles. The molecule has 1 unspecified atom stereocenters. The zero-order chi connectivity index (χ0) is 12.6. The van der Waals surface area contributed by atoms with E-state index in [0.717, 1.165) is 6.54 Å². The van der Waals surface area contributed by atoms with Crippen LogP contribution in [0.5, 0.6) is 0 Å². The highest BCUT2D eigenvalue weighted by Gasteiger charge is 2.40. The van der Waals surface area contributed by atoms with E-state index < -0.39 is 0 Å². The van der Waals surface area contributed by atoms with E-state index in [1.54, 1.807) is 0 Å². The summed E-state index contributed by atoms with van der Waals surface area (Å²) in [6.07, 6.45) is 4.79. The number of nitrogens with zero attached hydrogens (tertiary/aromatic N) is 2. The van der Waals surface area contributed by atoms with Crippen LogP contribution in [0.1, 0.15) is 42.5 Å². The number of aromatic nitrogens is 1. The van der Waals surface area contributed by atoms with E-state index >= 15 is 0 Å². The minimum Gasteiger partial charge on any atom is -0.316 e. The highest BCUT2D eigenvalue weighted by Crippen LogP contribution is 2.36. The number of nitrogens with one attached hydrogen (secondary N) is 1. The molecule has 3 nitrogen and oxygen atoms in total. The van der Waals surface area contributed by atoms with Crippen LogP contribution in [-0.2, 0) is 6.54 Å². The Balaban J connectivity index is 1.60. The maximum Gasteiger partial charge on any atom is 0.107 e. The molecule has 2 fully saturated rings. The summed E-state index contributed by atoms with van der Waals surface area (Å²) in [6.45, 7) is 10.5. The lowest BCUT2D eigenvalue weighted by atomic mass is 9.87. The predicted molar refractivity (Wildman–Crippen MR) is 76.0 cm³/mol. The average molecular weight is 265 g/mol. The molecule has 0 saturated carbocycles. The molecular weight excluding hydrogens is 242 g/mol. The van der Waals surface area contributed by atoms with Crippen molar-refractivity contribution in [3.05, 3.63) is 16.1 Å². The first kappa shape index (κ1) is 12.6. The monoisotopic (exact) mass is 265 g/mol. The van der Waals surface area contributed by atoms with E-state index in [1.807, 2.05) is 11.3 Å². The zero-order valence-electron chi connectivity index (χ0n) is 11.4. The second-order valence-corrected chi connectivity index (χ2v) is 7.35. The molecule has 2 aliphatic rings. The van der Waals surface area contributed by atoms with Crippen LogP contribution >= 0.6 is 11.3 Å². The quantitative estimate of drug-likeness (QED) is 0.910. The van der Waals surface area contributed by atoms with Crippen molar-refractivity contribution < 1.29 is 0 Å². The number of thiazole rings is 1. The van der Waals surface area contributed by atoms with Gasteiger partial charge in [-0.15, -0.1) is 11.3 Å². The molecule has 4 heteroatoms. The first-order chi connectivity index (χ1) is 8.67. The van der Waals surface area contributed by atoms with Gasteiger partial charge < -0.3 is 5.32 Å². The molecule has 0 aromatic carbocycles. The topological polar surface area (TPSA) is 28.2 Å². The summed E-state index contributed by atoms with van der Waals surface area (Å²) in [5.74, 6) is 0.611. The van der Waals surface area contributed by atoms with Crippen LogP contribution in [0, 0.1) is 5.41 Å². The first-order valence-corrected chi connectivity index (χ1v) is 7.86. The van der Waals surface area contributed by atoms with E-state index in [-0.39, 0.29) is 0 Å². The summed E-state index contributed by atoms with van der Waals surface area (Å²) in [5, 5.41) is 4.81. The fourth-order valence-electron chi connectivity index (χ4n) is 3.16. The highest BCUT2D eigenvalue weighted by atomic mass is 32.1. The average Bonchev–Trinajstić information content (AvgIpc) is 3.03. The standard InChI is InChI=1S/C14H23N3S/c1-11(2)12-7-16-13(18-12)8-17-6-4-14(10-17)3-5-15-9-14/h7,11,15H,3-6,8-10H2,1-2H3. The Labute approximate surface area is 114 Å². The molecule has 2 aliphatic heterocycles. The Morgan fingerprint density at radius 1 is 1.50 bits per heavy atom. The molecule has 1 aromatic heterocycles. The number of likely N-dealkylation sites (tertiary alicyclic amines) is 1. The van der Waals surface area contributed by atoms with E-state index in [4.69, 9.17) is 0 Å². The van der Waals surface area contributed by atoms with Crippen LogP contribution in [0.15, 0.2) is 6.20 Å². The van der Waals surface area contributed by atoms with E-state index in [1.165, 1.54) is 48.9 Å². The van der Waals surface area contributed by atoms with Gasteiger partial charge in [-0.25, -0.2) is 4.98 Å². The largest absolute Gasteiger partial charge is 0.316 e. The Morgan fingerprint density at radius 3 is 3.06 bits per heavy atom. The third kappa shape index (κ3) is 2.46. The van der Waals surface area contributed by atoms with Gasteiger partial charge in [0, 0.05) is 24.2 Å². The molecule has 100 valence electrons. The summed E-state index contributed by atoms with van der Waals surface area (Å²) in [6, 6.07) is 0. The van der Waals surface area contributed by atoms with Crippen LogP contribution in [0.4, 0.5) is 0 Å². The summed E-state index contributed by atoms with van der Waals surface area (Å²) in [7, 11) is 0. The molecule has 1 N–H and O–H groups in total. The molecule has 0 bridgehead atoms. The van der Waals surface area contributed by atoms with Crippen LogP contribution in [-0.4, -0.2) is 36.1 Å². The van der Waals surface area contributed by atoms with E-state index in [0.29, 0.717) is 11.3 Å². The Kier molecular flexibility index (Phi) is 3.43. The van der Waals surface area contributed by atoms with E-state index in [9.17, 15) is 0 Å². The van der Waals surface area contributed by atoms with Crippen LogP contribution < -0.4 is 5.32 Å². The van der Waals surface area contributed by atoms with E-state index in [2.05, 4.69) is 35.2 Å². The molecule has 0 amide bonds. The summed E-state index contributed by atoms with van der Waals surface area (Å²) in [5.41, 5.74) is 0.581. The second kappa shape index (κ2) is 4.91. The van der Waals surface area contributed by atoms with Gasteiger partial charge in [-0.05, 0) is 37.3 Å². The van der Waals surface area contributed by atoms with Gasteiger partial charge in [0.05, 0.1) is 6.54 Å². The SMILES string of the molecule is CC(C)c1cnc(CN2CCC3(CCNC3)C2)s1. The van der Waals surface area contributed by atoms with Gasteiger partial charge in [0.1, 0.15) is 5.01 Å². The summed E-state index contributed by atoms with van der Waals surface area (Å²) < 4.78 is 0. The van der Waals surface area contributed by atoms with Gasteiger partial charge in [0.15, 0.2) is 0 Å². The zero-order valence-corrected chi connectivity index (χ0v) is 12.2. The maximum absolute atomic E-state index is 4.58. The van der Waals surface area contributed by atoms with Crippen LogP contribution in [0.2, 0.25) is 0 Å². The molecule has 1 aromatic rings. The van der Waals surface area contributed by atoms with Gasteiger partial charge in [-0.1, -0.05) is 13.8 Å². The number of hydrogen-bond donors (Lipinski definition) is 1. The van der Waals surface area contributed by atoms with Crippen LogP contribution in [0.3, 0.4) is 0 Å². The molecule has 18 heavy (non-hydrogen) atoms. The maximum atomic E-state index is 4.58. The van der Waals surface area contributed by atoms with Crippen molar-refractivity contribution in [2.75, 3.05) is 26.2 Å². The predicted octanol–water partition coefficient (Wildman–Crippen LogP) is 2.45. The number of hydrogen-bond acceptors (Lipinski definition) is 4. The van der Waals surface area contributed by atoms with Crippen molar-refractivity contribution >= 4 is 11.3 Å². The minimum absolute atomic E-state index is 0.581. The van der Waals surface area contributed by atoms with Crippen molar-refractivity contribution in [1.29, 1.82) is 0 Å². The Morgan fingerprint density at radius 2 is 2.39 bits per heavy atom. The van der Waals surface area contributed by atoms with Gasteiger partial charge in [0.25, 0.3) is 0 Å². The van der Waals surface area contributed by atoms with Crippen molar-refractivity contribution in [3.8, 4) is 0 Å². The Hall–Kier alpha value is -0.450. The van der Waals surface area contributed by atoms with Crippen LogP contribution in [0.25, 0.3) is 0 Å². The molecule has 1 atom stereocenters. The lowest BCUT2D eigenvalue weighted by Gasteiger charge is -2.22. The lowest BCUT2D eigenvalue weighted by Crippen LogP contribution is -2.28. The Bertz CT molecular complexity index is 407. The molecular formula is C14H23N3S. The second-order valence-electron chi connectivity index (χ2n) is 6.20. The normalized spacial score (nSPS) is 28.8. The van der Waals surface area contributed by atoms with Crippen molar-refractivity contribution in [2.24, 2.45) is 5.41 Å². The van der Waals surface area contributed by atoms with Gasteiger partial charge in [-0.2, -0.15) is 0 Å². The van der Waals surface area contributed by atoms with Gasteiger partial charge >= 0.3 is 0 Å². The van der Waals surface area contributed by atoms with Crippen molar-refractivity contribution in [1.82, 2.24) is 15.2 Å². The third-order valence-corrected chi connectivity index (χ3v) is 5.63. The molecule has 2 saturated heterocycles. The first-order valence-electron chi connectivity index (χ1n) is 7.05. The smallest absolute Gasteiger partial charge is 0.107 e. The lowest BCUT2D eigenvalue weighted by molar-refractivity contribution is 0.268. The fourth-order valence-corrected chi connectivity index (χ4v) is 4.13. The summed E-state index contributed by atoms with van der Waals surface area (Å²) >= 11 is 1.89. The van der Waals surface area contributed by atoms with Gasteiger partial charge in [0.2, 0.25) is 0 Å². The molecule has 3 heterocycles. The highest BCUT2D eigenvalue weighted by molar-refractivity contribution is 7.11. The minimum atomic E-state index is 0.581.